The number of nitrogens with two attached hydrogens (primary N) is 1. The first-order valence-electron chi connectivity index (χ1n) is 8.96. The molecule has 3 N–H and O–H groups in total. The Labute approximate surface area is 151 Å². The number of nitrogens with zero attached hydrogens (tertiary/aromatic N) is 6. The van der Waals surface area contributed by atoms with Crippen LogP contribution >= 0.6 is 0 Å². The van der Waals surface area contributed by atoms with Crippen LogP contribution in [0.15, 0.2) is 17.0 Å². The number of anilines is 1. The highest BCUT2D eigenvalue weighted by Gasteiger charge is 2.24. The van der Waals surface area contributed by atoms with E-state index in [1.807, 2.05) is 6.20 Å². The number of hydrogen-bond acceptors (Lipinski definition) is 8. The lowest BCUT2D eigenvalue weighted by molar-refractivity contribution is 0.167. The zero-order valence-electron chi connectivity index (χ0n) is 15.3. The van der Waals surface area contributed by atoms with Gasteiger partial charge in [-0.3, -0.25) is 9.88 Å². The third-order valence-corrected chi connectivity index (χ3v) is 4.79. The number of fused-ring (bicyclic) bond motifs is 1. The van der Waals surface area contributed by atoms with Gasteiger partial charge in [0.05, 0.1) is 11.7 Å². The van der Waals surface area contributed by atoms with Gasteiger partial charge in [-0.2, -0.15) is 0 Å². The van der Waals surface area contributed by atoms with E-state index in [2.05, 4.69) is 50.9 Å². The van der Waals surface area contributed by atoms with E-state index in [9.17, 15) is 0 Å². The SMILES string of the molecule is CCn1c(-c2nonc2N)nc2cncc(CN3C[C@@H](C)N[C@@H](C)C3)c21. The predicted molar refractivity (Wildman–Crippen MR) is 98.2 cm³/mol. The number of nitrogens with one attached hydrogen (secondary N) is 1. The largest absolute Gasteiger partial charge is 0.379 e. The summed E-state index contributed by atoms with van der Waals surface area (Å²) in [6, 6.07) is 0.942. The molecule has 0 saturated carbocycles. The van der Waals surface area contributed by atoms with Crippen LogP contribution in [0.1, 0.15) is 26.3 Å². The van der Waals surface area contributed by atoms with Crippen molar-refractivity contribution in [3.63, 3.8) is 0 Å². The van der Waals surface area contributed by atoms with Crippen molar-refractivity contribution >= 4 is 16.9 Å². The normalized spacial score (nSPS) is 21.5. The van der Waals surface area contributed by atoms with Crippen molar-refractivity contribution in [1.29, 1.82) is 0 Å². The van der Waals surface area contributed by atoms with E-state index in [1.165, 1.54) is 0 Å². The van der Waals surface area contributed by atoms with Gasteiger partial charge < -0.3 is 15.6 Å². The summed E-state index contributed by atoms with van der Waals surface area (Å²) < 4.78 is 6.87. The third-order valence-electron chi connectivity index (χ3n) is 4.79. The molecule has 2 atom stereocenters. The lowest BCUT2D eigenvalue weighted by Crippen LogP contribution is -2.53. The molecule has 1 aliphatic heterocycles. The van der Waals surface area contributed by atoms with Crippen molar-refractivity contribution in [1.82, 2.24) is 35.1 Å². The van der Waals surface area contributed by atoms with E-state index < -0.39 is 0 Å². The molecule has 1 aliphatic rings. The topological polar surface area (TPSA) is 111 Å². The van der Waals surface area contributed by atoms with E-state index in [-0.39, 0.29) is 5.82 Å². The molecule has 9 nitrogen and oxygen atoms in total. The zero-order valence-corrected chi connectivity index (χ0v) is 15.3. The molecule has 0 radical (unpaired) electrons. The summed E-state index contributed by atoms with van der Waals surface area (Å²) in [5.41, 5.74) is 9.41. The molecule has 138 valence electrons. The fourth-order valence-electron chi connectivity index (χ4n) is 3.92. The van der Waals surface area contributed by atoms with E-state index >= 15 is 0 Å². The smallest absolute Gasteiger partial charge is 0.199 e. The van der Waals surface area contributed by atoms with Crippen molar-refractivity contribution in [2.75, 3.05) is 18.8 Å². The van der Waals surface area contributed by atoms with Crippen molar-refractivity contribution in [2.45, 2.75) is 45.9 Å². The van der Waals surface area contributed by atoms with Gasteiger partial charge in [0.25, 0.3) is 0 Å². The zero-order chi connectivity index (χ0) is 18.3. The first kappa shape index (κ1) is 16.9. The second-order valence-corrected chi connectivity index (χ2v) is 7.01. The fourth-order valence-corrected chi connectivity index (χ4v) is 3.92. The summed E-state index contributed by atoms with van der Waals surface area (Å²) in [4.78, 5) is 11.6. The summed E-state index contributed by atoms with van der Waals surface area (Å²) >= 11 is 0. The van der Waals surface area contributed by atoms with Gasteiger partial charge in [0.2, 0.25) is 0 Å². The Kier molecular flexibility index (Phi) is 4.33. The minimum Gasteiger partial charge on any atom is -0.379 e. The predicted octanol–water partition coefficient (Wildman–Crippen LogP) is 1.27. The van der Waals surface area contributed by atoms with E-state index in [0.717, 1.165) is 42.8 Å². The minimum atomic E-state index is 0.245. The number of imidazole rings is 1. The molecular weight excluding hydrogens is 332 g/mol. The van der Waals surface area contributed by atoms with Gasteiger partial charge in [-0.05, 0) is 31.1 Å². The maximum atomic E-state index is 5.88. The number of aryl methyl sites for hydroxylation is 1. The Morgan fingerprint density at radius 2 is 2.00 bits per heavy atom. The Morgan fingerprint density at radius 1 is 1.23 bits per heavy atom. The van der Waals surface area contributed by atoms with Crippen LogP contribution in [0.2, 0.25) is 0 Å². The third kappa shape index (κ3) is 2.93. The first-order valence-corrected chi connectivity index (χ1v) is 8.96. The molecule has 1 fully saturated rings. The van der Waals surface area contributed by atoms with Crippen LogP contribution in [-0.2, 0) is 13.1 Å². The number of pyridine rings is 1. The first-order chi connectivity index (χ1) is 12.6. The van der Waals surface area contributed by atoms with Gasteiger partial charge in [-0.15, -0.1) is 0 Å². The molecule has 0 bridgehead atoms. The van der Waals surface area contributed by atoms with Crippen molar-refractivity contribution in [2.24, 2.45) is 0 Å². The highest BCUT2D eigenvalue weighted by molar-refractivity contribution is 5.83. The van der Waals surface area contributed by atoms with Crippen molar-refractivity contribution in [3.05, 3.63) is 18.0 Å². The van der Waals surface area contributed by atoms with Gasteiger partial charge in [0.1, 0.15) is 5.52 Å². The highest BCUT2D eigenvalue weighted by atomic mass is 16.6. The van der Waals surface area contributed by atoms with E-state index in [0.29, 0.717) is 23.6 Å². The van der Waals surface area contributed by atoms with Gasteiger partial charge >= 0.3 is 0 Å². The maximum Gasteiger partial charge on any atom is 0.199 e. The fraction of sp³-hybridized carbons (Fsp3) is 0.529. The number of piperazine rings is 1. The number of aromatic nitrogens is 5. The number of hydrogen-bond donors (Lipinski definition) is 2. The number of nitrogen functional groups attached to an aromatic ring is 1. The molecule has 3 aromatic heterocycles. The van der Waals surface area contributed by atoms with Gasteiger partial charge in [-0.1, -0.05) is 0 Å². The lowest BCUT2D eigenvalue weighted by atomic mass is 10.1. The summed E-state index contributed by atoms with van der Waals surface area (Å²) in [6.07, 6.45) is 3.71. The van der Waals surface area contributed by atoms with E-state index in [1.54, 1.807) is 6.20 Å². The molecule has 0 unspecified atom stereocenters. The molecule has 0 amide bonds. The molecule has 0 aromatic carbocycles. The molecule has 4 heterocycles. The molecule has 26 heavy (non-hydrogen) atoms. The maximum absolute atomic E-state index is 5.88. The van der Waals surface area contributed by atoms with Gasteiger partial charge in [0.15, 0.2) is 17.3 Å². The quantitative estimate of drug-likeness (QED) is 0.719. The molecule has 3 aromatic rings. The average molecular weight is 356 g/mol. The summed E-state index contributed by atoms with van der Waals surface area (Å²) in [6.45, 7) is 10.1. The highest BCUT2D eigenvalue weighted by Crippen LogP contribution is 2.28. The monoisotopic (exact) mass is 356 g/mol. The minimum absolute atomic E-state index is 0.245. The van der Waals surface area contributed by atoms with Crippen LogP contribution in [-0.4, -0.2) is 54.9 Å². The van der Waals surface area contributed by atoms with Crippen molar-refractivity contribution in [3.8, 4) is 11.5 Å². The Bertz CT molecular complexity index is 907. The Hall–Kier alpha value is -2.52. The van der Waals surface area contributed by atoms with Crippen LogP contribution in [0.5, 0.6) is 0 Å². The van der Waals surface area contributed by atoms with E-state index in [4.69, 9.17) is 15.3 Å². The van der Waals surface area contributed by atoms with Crippen LogP contribution in [0.4, 0.5) is 5.82 Å². The average Bonchev–Trinajstić information content (AvgIpc) is 3.17. The van der Waals surface area contributed by atoms with Crippen LogP contribution in [0.3, 0.4) is 0 Å². The van der Waals surface area contributed by atoms with Crippen molar-refractivity contribution < 1.29 is 4.63 Å². The van der Waals surface area contributed by atoms with Crippen LogP contribution in [0.25, 0.3) is 22.6 Å². The molecule has 4 rings (SSSR count). The van der Waals surface area contributed by atoms with Gasteiger partial charge in [-0.25, -0.2) is 9.61 Å². The lowest BCUT2D eigenvalue weighted by Gasteiger charge is -2.36. The van der Waals surface area contributed by atoms with Crippen LogP contribution in [0, 0.1) is 0 Å². The molecular formula is C17H24N8O. The molecule has 1 saturated heterocycles. The Balaban J connectivity index is 1.76. The Morgan fingerprint density at radius 3 is 2.65 bits per heavy atom. The molecule has 0 aliphatic carbocycles. The summed E-state index contributed by atoms with van der Waals surface area (Å²) in [5, 5.41) is 11.2. The second-order valence-electron chi connectivity index (χ2n) is 7.01. The summed E-state index contributed by atoms with van der Waals surface area (Å²) in [7, 11) is 0. The molecule has 9 heteroatoms. The second kappa shape index (κ2) is 6.65. The standard InChI is InChI=1S/C17H24N8O/c1-4-25-15-12(9-24-7-10(2)20-11(3)8-24)5-19-6-13(15)21-17(25)14-16(18)23-26-22-14/h5-6,10-11,20H,4,7-9H2,1-3H3,(H2,18,23)/t10-,11+. The number of rotatable bonds is 4. The molecule has 0 spiro atoms. The summed E-state index contributed by atoms with van der Waals surface area (Å²) in [5.74, 6) is 0.909. The van der Waals surface area contributed by atoms with Gasteiger partial charge in [0, 0.05) is 50.0 Å². The van der Waals surface area contributed by atoms with Crippen LogP contribution < -0.4 is 11.1 Å².